The lowest BCUT2D eigenvalue weighted by Gasteiger charge is -1.83. The second-order valence-corrected chi connectivity index (χ2v) is 1.05. The molecular formula is C2H8Cl2N2S. The zero-order valence-corrected chi connectivity index (χ0v) is 6.29. The van der Waals surface area contributed by atoms with Gasteiger partial charge in [0.15, 0.2) is 0 Å². The monoisotopic (exact) mass is 162 g/mol. The van der Waals surface area contributed by atoms with Gasteiger partial charge in [-0.15, -0.1) is 37.4 Å². The van der Waals surface area contributed by atoms with E-state index in [1.54, 1.807) is 7.05 Å². The SMILES string of the molecule is CNC(=N)S.Cl.Cl. The summed E-state index contributed by atoms with van der Waals surface area (Å²) in [5, 5.41) is 9.17. The number of rotatable bonds is 0. The lowest BCUT2D eigenvalue weighted by atomic mass is 11.2. The molecule has 0 aliphatic carbocycles. The van der Waals surface area contributed by atoms with Crippen molar-refractivity contribution in [2.24, 2.45) is 0 Å². The maximum atomic E-state index is 6.50. The molecule has 0 unspecified atom stereocenters. The topological polar surface area (TPSA) is 35.9 Å². The molecule has 0 bridgehead atoms. The van der Waals surface area contributed by atoms with Gasteiger partial charge in [0.2, 0.25) is 0 Å². The van der Waals surface area contributed by atoms with Crippen molar-refractivity contribution in [1.29, 1.82) is 5.41 Å². The minimum atomic E-state index is 0. The minimum absolute atomic E-state index is 0. The van der Waals surface area contributed by atoms with Gasteiger partial charge in [-0.2, -0.15) is 0 Å². The Hall–Kier alpha value is 0.400. The minimum Gasteiger partial charge on any atom is -0.368 e. The fraction of sp³-hybridized carbons (Fsp3) is 0.500. The van der Waals surface area contributed by atoms with Gasteiger partial charge in [-0.05, 0) is 0 Å². The van der Waals surface area contributed by atoms with Gasteiger partial charge in [0.1, 0.15) is 5.17 Å². The molecule has 0 heterocycles. The number of halogens is 2. The van der Waals surface area contributed by atoms with Crippen molar-refractivity contribution in [3.63, 3.8) is 0 Å². The summed E-state index contributed by atoms with van der Waals surface area (Å²) in [6, 6.07) is 0. The molecule has 46 valence electrons. The van der Waals surface area contributed by atoms with E-state index in [0.29, 0.717) is 0 Å². The van der Waals surface area contributed by atoms with E-state index < -0.39 is 0 Å². The van der Waals surface area contributed by atoms with E-state index >= 15 is 0 Å². The fourth-order valence-electron chi connectivity index (χ4n) is 0. The summed E-state index contributed by atoms with van der Waals surface area (Å²) in [5.74, 6) is 0. The largest absolute Gasteiger partial charge is 0.368 e. The number of hydrogen-bond acceptors (Lipinski definition) is 1. The van der Waals surface area contributed by atoms with Gasteiger partial charge in [-0.25, -0.2) is 0 Å². The number of hydrogen-bond donors (Lipinski definition) is 3. The summed E-state index contributed by atoms with van der Waals surface area (Å²) in [4.78, 5) is 0. The second-order valence-electron chi connectivity index (χ2n) is 0.599. The molecule has 0 aromatic carbocycles. The third kappa shape index (κ3) is 21.5. The van der Waals surface area contributed by atoms with Crippen LogP contribution >= 0.6 is 37.4 Å². The van der Waals surface area contributed by atoms with Gasteiger partial charge in [-0.1, -0.05) is 0 Å². The average molecular weight is 163 g/mol. The van der Waals surface area contributed by atoms with Crippen LogP contribution in [0.2, 0.25) is 0 Å². The molecule has 0 spiro atoms. The van der Waals surface area contributed by atoms with E-state index in [1.807, 2.05) is 0 Å². The number of thiol groups is 1. The van der Waals surface area contributed by atoms with Gasteiger partial charge in [-0.3, -0.25) is 5.41 Å². The molecule has 0 saturated heterocycles. The Morgan fingerprint density at radius 3 is 1.71 bits per heavy atom. The standard InChI is InChI=1S/C2H6N2S.2ClH/c1-4-2(3)5;;/h1H3,(H3,3,4,5);2*1H. The number of nitrogens with one attached hydrogen (secondary N) is 2. The fourth-order valence-corrected chi connectivity index (χ4v) is 0. The molecule has 0 aromatic heterocycles. The predicted molar refractivity (Wildman–Crippen MR) is 40.3 cm³/mol. The van der Waals surface area contributed by atoms with Crippen molar-refractivity contribution < 1.29 is 0 Å². The van der Waals surface area contributed by atoms with Crippen LogP contribution < -0.4 is 5.32 Å². The van der Waals surface area contributed by atoms with Gasteiger partial charge >= 0.3 is 0 Å². The van der Waals surface area contributed by atoms with Crippen molar-refractivity contribution in [3.05, 3.63) is 0 Å². The van der Waals surface area contributed by atoms with Crippen molar-refractivity contribution in [3.8, 4) is 0 Å². The van der Waals surface area contributed by atoms with Crippen LogP contribution in [0.4, 0.5) is 0 Å². The Bertz CT molecular complexity index is 49.0. The van der Waals surface area contributed by atoms with Crippen molar-refractivity contribution in [2.45, 2.75) is 0 Å². The zero-order valence-electron chi connectivity index (χ0n) is 3.76. The molecule has 0 aliphatic rings. The van der Waals surface area contributed by atoms with Crippen LogP contribution in [0.1, 0.15) is 0 Å². The maximum absolute atomic E-state index is 6.50. The summed E-state index contributed by atoms with van der Waals surface area (Å²) >= 11 is 3.57. The molecule has 0 rings (SSSR count). The van der Waals surface area contributed by atoms with E-state index in [-0.39, 0.29) is 30.0 Å². The van der Waals surface area contributed by atoms with Crippen molar-refractivity contribution in [2.75, 3.05) is 7.05 Å². The third-order valence-corrected chi connectivity index (χ3v) is 0.460. The van der Waals surface area contributed by atoms with E-state index in [2.05, 4.69) is 17.9 Å². The molecular weight excluding hydrogens is 155 g/mol. The Balaban J connectivity index is -0.0000000800. The molecule has 2 nitrogen and oxygen atoms in total. The van der Waals surface area contributed by atoms with Crippen molar-refractivity contribution >= 4 is 42.6 Å². The summed E-state index contributed by atoms with van der Waals surface area (Å²) in [5.41, 5.74) is 0. The molecule has 0 saturated carbocycles. The van der Waals surface area contributed by atoms with E-state index in [4.69, 9.17) is 5.41 Å². The predicted octanol–water partition coefficient (Wildman–Crippen LogP) is 0.914. The van der Waals surface area contributed by atoms with Gasteiger partial charge in [0.05, 0.1) is 0 Å². The molecule has 0 aromatic rings. The van der Waals surface area contributed by atoms with E-state index in [0.717, 1.165) is 0 Å². The summed E-state index contributed by atoms with van der Waals surface area (Å²) < 4.78 is 0. The smallest absolute Gasteiger partial charge is 0.150 e. The average Bonchev–Trinajstić information content (AvgIpc) is 1.38. The maximum Gasteiger partial charge on any atom is 0.150 e. The van der Waals surface area contributed by atoms with Crippen LogP contribution in [0.25, 0.3) is 0 Å². The van der Waals surface area contributed by atoms with Gasteiger partial charge in [0, 0.05) is 7.05 Å². The summed E-state index contributed by atoms with van der Waals surface area (Å²) in [7, 11) is 1.65. The molecule has 5 heteroatoms. The normalized spacial score (nSPS) is 4.86. The van der Waals surface area contributed by atoms with Crippen LogP contribution in [0.5, 0.6) is 0 Å². The van der Waals surface area contributed by atoms with Gasteiger partial charge in [0.25, 0.3) is 0 Å². The lowest BCUT2D eigenvalue weighted by Crippen LogP contribution is -2.08. The Morgan fingerprint density at radius 1 is 1.57 bits per heavy atom. The Labute approximate surface area is 60.8 Å². The van der Waals surface area contributed by atoms with Gasteiger partial charge < -0.3 is 5.32 Å². The molecule has 0 amide bonds. The van der Waals surface area contributed by atoms with Crippen molar-refractivity contribution in [1.82, 2.24) is 5.32 Å². The first-order valence-electron chi connectivity index (χ1n) is 1.22. The zero-order chi connectivity index (χ0) is 4.28. The highest BCUT2D eigenvalue weighted by Crippen LogP contribution is 1.63. The molecule has 0 radical (unpaired) electrons. The summed E-state index contributed by atoms with van der Waals surface area (Å²) in [6.07, 6.45) is 0. The van der Waals surface area contributed by atoms with Crippen LogP contribution in [0, 0.1) is 5.41 Å². The van der Waals surface area contributed by atoms with Crippen LogP contribution in [-0.4, -0.2) is 12.2 Å². The molecule has 7 heavy (non-hydrogen) atoms. The highest BCUT2D eigenvalue weighted by Gasteiger charge is 1.67. The van der Waals surface area contributed by atoms with E-state index in [1.165, 1.54) is 0 Å². The van der Waals surface area contributed by atoms with Crippen LogP contribution in [-0.2, 0) is 0 Å². The first-order chi connectivity index (χ1) is 2.27. The van der Waals surface area contributed by atoms with Crippen LogP contribution in [0.15, 0.2) is 0 Å². The summed E-state index contributed by atoms with van der Waals surface area (Å²) in [6.45, 7) is 0. The molecule has 0 atom stereocenters. The number of amidine groups is 1. The van der Waals surface area contributed by atoms with Crippen LogP contribution in [0.3, 0.4) is 0 Å². The highest BCUT2D eigenvalue weighted by atomic mass is 35.5. The molecule has 2 N–H and O–H groups in total. The Kier molecular flexibility index (Phi) is 21.6. The Morgan fingerprint density at radius 2 is 1.71 bits per heavy atom. The first kappa shape index (κ1) is 15.7. The third-order valence-electron chi connectivity index (χ3n) is 0.237. The molecule has 0 aliphatic heterocycles. The quantitative estimate of drug-likeness (QED) is 0.277. The lowest BCUT2D eigenvalue weighted by molar-refractivity contribution is 1.18. The second kappa shape index (κ2) is 9.64. The highest BCUT2D eigenvalue weighted by molar-refractivity contribution is 7.96. The van der Waals surface area contributed by atoms with E-state index in [9.17, 15) is 0 Å². The first-order valence-corrected chi connectivity index (χ1v) is 1.67. The molecule has 0 fully saturated rings.